The van der Waals surface area contributed by atoms with Crippen molar-refractivity contribution in [2.24, 2.45) is 0 Å². The molecule has 0 saturated carbocycles. The van der Waals surface area contributed by atoms with E-state index in [1.54, 1.807) is 17.4 Å². The molecule has 1 atom stereocenters. The zero-order chi connectivity index (χ0) is 17.2. The van der Waals surface area contributed by atoms with E-state index in [1.807, 2.05) is 31.2 Å². The molecular formula is C16H21N5O2S. The molecule has 0 unspecified atom stereocenters. The maximum atomic E-state index is 12.0. The highest BCUT2D eigenvalue weighted by Gasteiger charge is 2.32. The molecule has 1 N–H and O–H groups in total. The van der Waals surface area contributed by atoms with E-state index in [2.05, 4.69) is 20.3 Å². The Labute approximate surface area is 142 Å². The molecule has 0 aromatic carbocycles. The topological polar surface area (TPSA) is 88.1 Å². The van der Waals surface area contributed by atoms with E-state index in [4.69, 9.17) is 0 Å². The van der Waals surface area contributed by atoms with Crippen LogP contribution in [0.4, 0.5) is 11.6 Å². The van der Waals surface area contributed by atoms with Crippen LogP contribution in [-0.2, 0) is 10.0 Å². The number of rotatable bonds is 5. The maximum absolute atomic E-state index is 12.0. The molecule has 1 aliphatic heterocycles. The van der Waals surface area contributed by atoms with Crippen LogP contribution < -0.4 is 5.32 Å². The Morgan fingerprint density at radius 1 is 1.29 bits per heavy atom. The first-order valence-corrected chi connectivity index (χ1v) is 9.60. The molecule has 2 aromatic rings. The smallest absolute Gasteiger partial charge is 0.213 e. The molecule has 0 amide bonds. The summed E-state index contributed by atoms with van der Waals surface area (Å²) in [5.74, 6) is 2.27. The summed E-state index contributed by atoms with van der Waals surface area (Å²) in [5, 5.41) is 3.17. The van der Waals surface area contributed by atoms with Gasteiger partial charge in [0.25, 0.3) is 0 Å². The quantitative estimate of drug-likeness (QED) is 0.891. The monoisotopic (exact) mass is 347 g/mol. The lowest BCUT2D eigenvalue weighted by Gasteiger charge is -2.15. The molecule has 0 spiro atoms. The summed E-state index contributed by atoms with van der Waals surface area (Å²) in [6.45, 7) is 4.54. The molecule has 0 aliphatic carbocycles. The van der Waals surface area contributed by atoms with Gasteiger partial charge < -0.3 is 5.32 Å². The van der Waals surface area contributed by atoms with Crippen LogP contribution in [0, 0.1) is 6.92 Å². The van der Waals surface area contributed by atoms with Gasteiger partial charge in [-0.05, 0) is 32.4 Å². The summed E-state index contributed by atoms with van der Waals surface area (Å²) in [5.41, 5.74) is 0.870. The fourth-order valence-electron chi connectivity index (χ4n) is 2.84. The molecule has 1 fully saturated rings. The van der Waals surface area contributed by atoms with Crippen LogP contribution in [0.5, 0.6) is 0 Å². The summed E-state index contributed by atoms with van der Waals surface area (Å²) in [4.78, 5) is 13.1. The molecule has 0 radical (unpaired) electrons. The highest BCUT2D eigenvalue weighted by molar-refractivity contribution is 7.89. The number of anilines is 2. The van der Waals surface area contributed by atoms with Crippen molar-refractivity contribution in [3.8, 4) is 0 Å². The van der Waals surface area contributed by atoms with Crippen molar-refractivity contribution < 1.29 is 8.42 Å². The molecule has 3 rings (SSSR count). The van der Waals surface area contributed by atoms with Gasteiger partial charge in [0, 0.05) is 31.3 Å². The first kappa shape index (κ1) is 16.8. The van der Waals surface area contributed by atoms with Gasteiger partial charge in [-0.25, -0.2) is 27.7 Å². The van der Waals surface area contributed by atoms with Crippen LogP contribution in [-0.4, -0.2) is 46.5 Å². The Morgan fingerprint density at radius 2 is 2.12 bits per heavy atom. The number of aryl methyl sites for hydroxylation is 1. The maximum Gasteiger partial charge on any atom is 0.213 e. The van der Waals surface area contributed by atoms with Crippen molar-refractivity contribution >= 4 is 21.7 Å². The number of sulfonamides is 1. The van der Waals surface area contributed by atoms with Crippen molar-refractivity contribution in [1.82, 2.24) is 19.3 Å². The van der Waals surface area contributed by atoms with Gasteiger partial charge in [0.05, 0.1) is 11.4 Å². The van der Waals surface area contributed by atoms with E-state index >= 15 is 0 Å². The van der Waals surface area contributed by atoms with E-state index < -0.39 is 10.0 Å². The van der Waals surface area contributed by atoms with Gasteiger partial charge in [-0.3, -0.25) is 0 Å². The van der Waals surface area contributed by atoms with E-state index in [0.29, 0.717) is 30.5 Å². The van der Waals surface area contributed by atoms with Crippen LogP contribution in [0.25, 0.3) is 0 Å². The van der Waals surface area contributed by atoms with Gasteiger partial charge >= 0.3 is 0 Å². The first-order valence-electron chi connectivity index (χ1n) is 7.99. The van der Waals surface area contributed by atoms with Gasteiger partial charge in [-0.15, -0.1) is 0 Å². The molecule has 0 bridgehead atoms. The summed E-state index contributed by atoms with van der Waals surface area (Å²) in [6, 6.07) is 7.49. The van der Waals surface area contributed by atoms with Crippen LogP contribution in [0.3, 0.4) is 0 Å². The largest absolute Gasteiger partial charge is 0.325 e. The Hall–Kier alpha value is -2.06. The summed E-state index contributed by atoms with van der Waals surface area (Å²) >= 11 is 0. The molecular weight excluding hydrogens is 326 g/mol. The Kier molecular flexibility index (Phi) is 4.77. The zero-order valence-electron chi connectivity index (χ0n) is 13.8. The third-order valence-corrected chi connectivity index (χ3v) is 5.95. The Morgan fingerprint density at radius 3 is 2.83 bits per heavy atom. The van der Waals surface area contributed by atoms with Crippen LogP contribution in [0.15, 0.2) is 30.5 Å². The van der Waals surface area contributed by atoms with Crippen molar-refractivity contribution in [1.29, 1.82) is 0 Å². The fourth-order valence-corrected chi connectivity index (χ4v) is 3.99. The molecule has 1 saturated heterocycles. The first-order chi connectivity index (χ1) is 11.5. The van der Waals surface area contributed by atoms with Crippen molar-refractivity contribution in [2.75, 3.05) is 24.2 Å². The minimum absolute atomic E-state index is 0.0947. The number of nitrogens with zero attached hydrogens (tertiary/aromatic N) is 4. The summed E-state index contributed by atoms with van der Waals surface area (Å²) < 4.78 is 25.6. The lowest BCUT2D eigenvalue weighted by Crippen LogP contribution is -2.30. The van der Waals surface area contributed by atoms with Gasteiger partial charge in [0.15, 0.2) is 0 Å². The Balaban J connectivity index is 1.80. The van der Waals surface area contributed by atoms with E-state index in [9.17, 15) is 8.42 Å². The highest BCUT2D eigenvalue weighted by Crippen LogP contribution is 2.29. The molecule has 7 nitrogen and oxygen atoms in total. The SMILES string of the molecule is CCS(=O)(=O)N1CC[C@H](c2cc(Nc3ccccn3)nc(C)n2)C1. The van der Waals surface area contributed by atoms with Crippen LogP contribution in [0.1, 0.15) is 30.8 Å². The van der Waals surface area contributed by atoms with Crippen molar-refractivity contribution in [3.05, 3.63) is 42.0 Å². The summed E-state index contributed by atoms with van der Waals surface area (Å²) in [7, 11) is -3.14. The van der Waals surface area contributed by atoms with Gasteiger partial charge in [-0.2, -0.15) is 0 Å². The van der Waals surface area contributed by atoms with E-state index in [-0.39, 0.29) is 11.7 Å². The third-order valence-electron chi connectivity index (χ3n) is 4.11. The third kappa shape index (κ3) is 3.70. The second-order valence-corrected chi connectivity index (χ2v) is 8.07. The normalized spacial score (nSPS) is 18.7. The predicted octanol–water partition coefficient (Wildman–Crippen LogP) is 2.06. The molecule has 128 valence electrons. The Bertz CT molecular complexity index is 810. The number of aromatic nitrogens is 3. The van der Waals surface area contributed by atoms with Crippen molar-refractivity contribution in [2.45, 2.75) is 26.2 Å². The minimum atomic E-state index is -3.14. The standard InChI is InChI=1S/C16H21N5O2S/c1-3-24(22,23)21-9-7-13(11-21)14-10-16(19-12(2)18-14)20-15-6-4-5-8-17-15/h4-6,8,10,13H,3,7,9,11H2,1-2H3,(H,17,18,19,20)/t13-/m0/s1. The van der Waals surface area contributed by atoms with Crippen molar-refractivity contribution in [3.63, 3.8) is 0 Å². The van der Waals surface area contributed by atoms with E-state index in [1.165, 1.54) is 0 Å². The van der Waals surface area contributed by atoms with E-state index in [0.717, 1.165) is 12.1 Å². The highest BCUT2D eigenvalue weighted by atomic mass is 32.2. The average Bonchev–Trinajstić information content (AvgIpc) is 3.06. The second kappa shape index (κ2) is 6.82. The molecule has 2 aromatic heterocycles. The number of hydrogen-bond acceptors (Lipinski definition) is 6. The lowest BCUT2D eigenvalue weighted by atomic mass is 10.0. The average molecular weight is 347 g/mol. The lowest BCUT2D eigenvalue weighted by molar-refractivity contribution is 0.473. The fraction of sp³-hybridized carbons (Fsp3) is 0.438. The number of pyridine rings is 1. The zero-order valence-corrected chi connectivity index (χ0v) is 14.6. The van der Waals surface area contributed by atoms with Crippen LogP contribution >= 0.6 is 0 Å². The summed E-state index contributed by atoms with van der Waals surface area (Å²) in [6.07, 6.45) is 2.49. The van der Waals surface area contributed by atoms with Gasteiger partial charge in [0.1, 0.15) is 17.5 Å². The van der Waals surface area contributed by atoms with Gasteiger partial charge in [0.2, 0.25) is 10.0 Å². The number of hydrogen-bond donors (Lipinski definition) is 1. The minimum Gasteiger partial charge on any atom is -0.325 e. The predicted molar refractivity (Wildman–Crippen MR) is 92.7 cm³/mol. The van der Waals surface area contributed by atoms with Crippen LogP contribution in [0.2, 0.25) is 0 Å². The molecule has 3 heterocycles. The van der Waals surface area contributed by atoms with Gasteiger partial charge in [-0.1, -0.05) is 6.07 Å². The molecule has 1 aliphatic rings. The second-order valence-electron chi connectivity index (χ2n) is 5.81. The molecule has 24 heavy (non-hydrogen) atoms. The molecule has 8 heteroatoms. The number of nitrogens with one attached hydrogen (secondary N) is 1.